The van der Waals surface area contributed by atoms with Crippen LogP contribution in [0.2, 0.25) is 5.02 Å². The van der Waals surface area contributed by atoms with Crippen molar-refractivity contribution in [2.75, 3.05) is 13.1 Å². The van der Waals surface area contributed by atoms with Gasteiger partial charge in [0.15, 0.2) is 11.3 Å². The number of piperidine rings is 1. The second kappa shape index (κ2) is 5.49. The maximum atomic E-state index is 12.9. The van der Waals surface area contributed by atoms with Crippen LogP contribution >= 0.6 is 11.6 Å². The first-order chi connectivity index (χ1) is 11.9. The van der Waals surface area contributed by atoms with E-state index in [1.807, 2.05) is 19.1 Å². The van der Waals surface area contributed by atoms with Crippen molar-refractivity contribution in [3.63, 3.8) is 0 Å². The minimum Gasteiger partial charge on any atom is -0.449 e. The number of hydrogen-bond acceptors (Lipinski definition) is 4. The highest BCUT2D eigenvalue weighted by atomic mass is 35.5. The SMILES string of the molecule is Cc1c(C(=O)N2CCC3(CC2)NC(=O)NC3=O)oc2c(Cl)cccc12. The molecule has 2 aromatic rings. The van der Waals surface area contributed by atoms with E-state index in [1.54, 1.807) is 11.0 Å². The molecular formula is C17H16ClN3O4. The number of imide groups is 1. The number of urea groups is 1. The fourth-order valence-corrected chi connectivity index (χ4v) is 3.74. The molecule has 1 aromatic heterocycles. The van der Waals surface area contributed by atoms with Crippen LogP contribution < -0.4 is 10.6 Å². The maximum Gasteiger partial charge on any atom is 0.322 e. The molecule has 0 aliphatic carbocycles. The smallest absolute Gasteiger partial charge is 0.322 e. The lowest BCUT2D eigenvalue weighted by atomic mass is 9.87. The van der Waals surface area contributed by atoms with Crippen molar-refractivity contribution in [3.05, 3.63) is 34.5 Å². The molecule has 0 radical (unpaired) electrons. The number of carbonyl (C=O) groups is 3. The van der Waals surface area contributed by atoms with Crippen molar-refractivity contribution in [1.82, 2.24) is 15.5 Å². The Morgan fingerprint density at radius 3 is 2.60 bits per heavy atom. The number of amides is 4. The second-order valence-electron chi connectivity index (χ2n) is 6.46. The van der Waals surface area contributed by atoms with E-state index < -0.39 is 11.6 Å². The molecule has 3 heterocycles. The first-order valence-electron chi connectivity index (χ1n) is 8.02. The van der Waals surface area contributed by atoms with E-state index in [9.17, 15) is 14.4 Å². The molecule has 2 aliphatic heterocycles. The Labute approximate surface area is 148 Å². The number of para-hydroxylation sites is 1. The average molecular weight is 362 g/mol. The minimum absolute atomic E-state index is 0.232. The number of carbonyl (C=O) groups excluding carboxylic acids is 3. The molecule has 130 valence electrons. The molecule has 1 aromatic carbocycles. The number of nitrogens with zero attached hydrogens (tertiary/aromatic N) is 1. The van der Waals surface area contributed by atoms with Crippen LogP contribution in [0.4, 0.5) is 4.79 Å². The zero-order chi connectivity index (χ0) is 17.8. The van der Waals surface area contributed by atoms with Crippen molar-refractivity contribution in [1.29, 1.82) is 0 Å². The minimum atomic E-state index is -0.903. The Morgan fingerprint density at radius 1 is 1.28 bits per heavy atom. The number of hydrogen-bond donors (Lipinski definition) is 2. The Balaban J connectivity index is 1.57. The zero-order valence-corrected chi connectivity index (χ0v) is 14.3. The molecule has 4 rings (SSSR count). The lowest BCUT2D eigenvalue weighted by Crippen LogP contribution is -2.55. The van der Waals surface area contributed by atoms with Gasteiger partial charge in [0.2, 0.25) is 0 Å². The van der Waals surface area contributed by atoms with Crippen LogP contribution in [0.25, 0.3) is 11.0 Å². The van der Waals surface area contributed by atoms with Gasteiger partial charge in [0.1, 0.15) is 5.54 Å². The molecule has 0 bridgehead atoms. The third-order valence-corrected chi connectivity index (χ3v) is 5.33. The van der Waals surface area contributed by atoms with E-state index in [-0.39, 0.29) is 17.6 Å². The Bertz CT molecular complexity index is 912. The largest absolute Gasteiger partial charge is 0.449 e. The van der Waals surface area contributed by atoms with Crippen molar-refractivity contribution < 1.29 is 18.8 Å². The predicted octanol–water partition coefficient (Wildman–Crippen LogP) is 2.21. The van der Waals surface area contributed by atoms with Crippen molar-refractivity contribution in [2.45, 2.75) is 25.3 Å². The number of likely N-dealkylation sites (tertiary alicyclic amines) is 1. The van der Waals surface area contributed by atoms with Gasteiger partial charge in [-0.2, -0.15) is 0 Å². The van der Waals surface area contributed by atoms with Crippen LogP contribution in [0.3, 0.4) is 0 Å². The molecule has 2 N–H and O–H groups in total. The van der Waals surface area contributed by atoms with Crippen molar-refractivity contribution >= 4 is 40.4 Å². The van der Waals surface area contributed by atoms with Crippen LogP contribution in [0.5, 0.6) is 0 Å². The third-order valence-electron chi connectivity index (χ3n) is 5.03. The number of fused-ring (bicyclic) bond motifs is 1. The van der Waals surface area contributed by atoms with E-state index in [0.717, 1.165) is 10.9 Å². The molecule has 4 amide bonds. The van der Waals surface area contributed by atoms with Gasteiger partial charge in [0.25, 0.3) is 11.8 Å². The van der Waals surface area contributed by atoms with Gasteiger partial charge in [-0.25, -0.2) is 4.79 Å². The molecule has 0 atom stereocenters. The van der Waals surface area contributed by atoms with Crippen LogP contribution in [0.1, 0.15) is 29.0 Å². The fraction of sp³-hybridized carbons (Fsp3) is 0.353. The summed E-state index contributed by atoms with van der Waals surface area (Å²) in [4.78, 5) is 37.9. The number of halogens is 1. The summed E-state index contributed by atoms with van der Waals surface area (Å²) in [5, 5.41) is 6.21. The van der Waals surface area contributed by atoms with Gasteiger partial charge in [-0.15, -0.1) is 0 Å². The molecule has 2 saturated heterocycles. The van der Waals surface area contributed by atoms with Crippen LogP contribution in [0, 0.1) is 6.92 Å². The zero-order valence-electron chi connectivity index (χ0n) is 13.5. The summed E-state index contributed by atoms with van der Waals surface area (Å²) in [5.74, 6) is -0.292. The highest BCUT2D eigenvalue weighted by Gasteiger charge is 2.48. The molecule has 0 unspecified atom stereocenters. The Hall–Kier alpha value is -2.54. The topological polar surface area (TPSA) is 91.7 Å². The second-order valence-corrected chi connectivity index (χ2v) is 6.86. The summed E-state index contributed by atoms with van der Waals surface area (Å²) in [7, 11) is 0. The molecular weight excluding hydrogens is 346 g/mol. The summed E-state index contributed by atoms with van der Waals surface area (Å²) in [6, 6.07) is 4.91. The van der Waals surface area contributed by atoms with Gasteiger partial charge < -0.3 is 14.6 Å². The van der Waals surface area contributed by atoms with E-state index in [2.05, 4.69) is 10.6 Å². The standard InChI is InChI=1S/C17H16ClN3O4/c1-9-10-3-2-4-11(18)13(10)25-12(9)14(22)21-7-5-17(6-8-21)15(23)19-16(24)20-17/h2-4H,5-8H2,1H3,(H2,19,20,23,24). The molecule has 8 heteroatoms. The van der Waals surface area contributed by atoms with Gasteiger partial charge in [-0.05, 0) is 25.8 Å². The molecule has 7 nitrogen and oxygen atoms in total. The monoisotopic (exact) mass is 361 g/mol. The first kappa shape index (κ1) is 16.0. The van der Waals surface area contributed by atoms with Gasteiger partial charge in [0.05, 0.1) is 5.02 Å². The van der Waals surface area contributed by atoms with Gasteiger partial charge in [0, 0.05) is 24.0 Å². The molecule has 2 fully saturated rings. The summed E-state index contributed by atoms with van der Waals surface area (Å²) in [6.45, 7) is 2.54. The van der Waals surface area contributed by atoms with E-state index in [1.165, 1.54) is 0 Å². The molecule has 25 heavy (non-hydrogen) atoms. The highest BCUT2D eigenvalue weighted by Crippen LogP contribution is 2.32. The highest BCUT2D eigenvalue weighted by molar-refractivity contribution is 6.35. The number of nitrogens with one attached hydrogen (secondary N) is 2. The maximum absolute atomic E-state index is 12.9. The van der Waals surface area contributed by atoms with Crippen LogP contribution in [0.15, 0.2) is 22.6 Å². The number of rotatable bonds is 1. The lowest BCUT2D eigenvalue weighted by Gasteiger charge is -2.36. The Kier molecular flexibility index (Phi) is 3.50. The summed E-state index contributed by atoms with van der Waals surface area (Å²) in [6.07, 6.45) is 0.743. The molecule has 0 saturated carbocycles. The number of furan rings is 1. The number of benzene rings is 1. The lowest BCUT2D eigenvalue weighted by molar-refractivity contribution is -0.125. The summed E-state index contributed by atoms with van der Waals surface area (Å²) in [5.41, 5.74) is 0.343. The molecule has 1 spiro atoms. The fourth-order valence-electron chi connectivity index (χ4n) is 3.53. The van der Waals surface area contributed by atoms with E-state index in [4.69, 9.17) is 16.0 Å². The third kappa shape index (κ3) is 2.38. The van der Waals surface area contributed by atoms with Crippen molar-refractivity contribution in [2.24, 2.45) is 0 Å². The molecule has 2 aliphatic rings. The van der Waals surface area contributed by atoms with Crippen LogP contribution in [-0.2, 0) is 4.79 Å². The quantitative estimate of drug-likeness (QED) is 0.762. The van der Waals surface area contributed by atoms with Gasteiger partial charge in [-0.1, -0.05) is 23.7 Å². The van der Waals surface area contributed by atoms with Gasteiger partial charge >= 0.3 is 6.03 Å². The van der Waals surface area contributed by atoms with Gasteiger partial charge in [-0.3, -0.25) is 14.9 Å². The van der Waals surface area contributed by atoms with Crippen LogP contribution in [-0.4, -0.2) is 41.4 Å². The van der Waals surface area contributed by atoms with E-state index in [0.29, 0.717) is 36.5 Å². The normalized spacial score (nSPS) is 19.4. The first-order valence-corrected chi connectivity index (χ1v) is 8.39. The van der Waals surface area contributed by atoms with E-state index >= 15 is 0 Å². The Morgan fingerprint density at radius 2 is 2.00 bits per heavy atom. The number of aryl methyl sites for hydroxylation is 1. The van der Waals surface area contributed by atoms with Crippen molar-refractivity contribution in [3.8, 4) is 0 Å². The summed E-state index contributed by atoms with van der Waals surface area (Å²) >= 11 is 6.14. The predicted molar refractivity (Wildman–Crippen MR) is 90.5 cm³/mol. The summed E-state index contributed by atoms with van der Waals surface area (Å²) < 4.78 is 5.73. The average Bonchev–Trinajstić information content (AvgIpc) is 3.06.